The molecule has 0 bridgehead atoms. The molecule has 2 aromatic rings. The number of nitrogens with one attached hydrogen (secondary N) is 1. The molecule has 468 valence electrons. The van der Waals surface area contributed by atoms with Crippen molar-refractivity contribution in [2.24, 2.45) is 10.8 Å². The summed E-state index contributed by atoms with van der Waals surface area (Å²) in [6, 6.07) is 2.98. The van der Waals surface area contributed by atoms with E-state index in [-0.39, 0.29) is 32.8 Å². The van der Waals surface area contributed by atoms with Gasteiger partial charge in [0.25, 0.3) is 17.7 Å². The SMILES string of the molecule is CN[C@@H](CC(C)(C)C)C(=O)O[C@H](C)C(=O)N(C)[C@@H](CC(C)(C)F)C(=O)O[C@@H](Cc1ccc(SC(F)(F)F)cc1)C(=O)N(C)[C@@H](CC(C)(C)C)C(=O)O[C@H](C)C(=O)N(C)[C@@H](CC(C)(C)F)C(=O)O[C@@H](Cc1ccc(SC(F)(F)F)cc1)C(=O)O. The van der Waals surface area contributed by atoms with Gasteiger partial charge in [-0.25, -0.2) is 28.0 Å². The third kappa shape index (κ3) is 26.4. The van der Waals surface area contributed by atoms with E-state index in [4.69, 9.17) is 18.9 Å². The van der Waals surface area contributed by atoms with Crippen molar-refractivity contribution in [3.8, 4) is 0 Å². The van der Waals surface area contributed by atoms with Crippen LogP contribution in [0.1, 0.15) is 120 Å². The van der Waals surface area contributed by atoms with Crippen LogP contribution in [0.3, 0.4) is 0 Å². The smallest absolute Gasteiger partial charge is 0.446 e. The van der Waals surface area contributed by atoms with Crippen LogP contribution in [0.2, 0.25) is 0 Å². The van der Waals surface area contributed by atoms with E-state index in [1.165, 1.54) is 38.2 Å². The predicted octanol–water partition coefficient (Wildman–Crippen LogP) is 9.69. The maximum Gasteiger partial charge on any atom is 0.446 e. The van der Waals surface area contributed by atoms with Gasteiger partial charge in [-0.2, -0.15) is 26.3 Å². The number of carboxylic acids is 1. The number of ether oxygens (including phenoxy) is 4. The van der Waals surface area contributed by atoms with Crippen molar-refractivity contribution in [3.63, 3.8) is 0 Å². The number of amides is 3. The summed E-state index contributed by atoms with van der Waals surface area (Å²) in [5.41, 5.74) is -14.6. The third-order valence-corrected chi connectivity index (χ3v) is 13.9. The Hall–Kier alpha value is -5.70. The van der Waals surface area contributed by atoms with Gasteiger partial charge < -0.3 is 44.1 Å². The topological polar surface area (TPSA) is 215 Å². The number of nitrogens with zero attached hydrogens (tertiary/aromatic N) is 3. The van der Waals surface area contributed by atoms with E-state index in [0.29, 0.717) is 11.3 Å². The maximum absolute atomic E-state index is 15.6. The normalized spacial score (nSPS) is 15.5. The van der Waals surface area contributed by atoms with E-state index in [9.17, 15) is 69.8 Å². The highest BCUT2D eigenvalue weighted by molar-refractivity contribution is 8.00. The van der Waals surface area contributed by atoms with Crippen molar-refractivity contribution >= 4 is 71.1 Å². The number of rotatable bonds is 28. The lowest BCUT2D eigenvalue weighted by Crippen LogP contribution is -2.54. The van der Waals surface area contributed by atoms with Gasteiger partial charge in [-0.1, -0.05) is 65.8 Å². The van der Waals surface area contributed by atoms with Gasteiger partial charge in [-0.3, -0.25) is 19.2 Å². The summed E-state index contributed by atoms with van der Waals surface area (Å²) >= 11 is -0.839. The minimum Gasteiger partial charge on any atom is -0.478 e. The molecule has 0 fully saturated rings. The van der Waals surface area contributed by atoms with Gasteiger partial charge in [-0.05, 0) is 131 Å². The quantitative estimate of drug-likeness (QED) is 0.0351. The Labute approximate surface area is 487 Å². The Balaban J connectivity index is 2.60. The summed E-state index contributed by atoms with van der Waals surface area (Å²) in [5, 5.41) is 12.8. The van der Waals surface area contributed by atoms with Crippen LogP contribution in [-0.4, -0.2) is 167 Å². The Morgan fingerprint density at radius 1 is 0.482 bits per heavy atom. The molecule has 0 aliphatic carbocycles. The van der Waals surface area contributed by atoms with Gasteiger partial charge in [0.2, 0.25) is 6.10 Å². The Morgan fingerprint density at radius 2 is 0.795 bits per heavy atom. The van der Waals surface area contributed by atoms with Crippen molar-refractivity contribution in [3.05, 3.63) is 59.7 Å². The van der Waals surface area contributed by atoms with Crippen LogP contribution in [0, 0.1) is 10.8 Å². The molecule has 0 saturated carbocycles. The van der Waals surface area contributed by atoms with Crippen LogP contribution in [0.25, 0.3) is 0 Å². The summed E-state index contributed by atoms with van der Waals surface area (Å²) in [4.78, 5) is 113. The first-order valence-electron chi connectivity index (χ1n) is 26.2. The molecular formula is C56H78F8N4O13S2. The lowest BCUT2D eigenvalue weighted by Gasteiger charge is -2.36. The van der Waals surface area contributed by atoms with Gasteiger partial charge in [0.05, 0.1) is 0 Å². The van der Waals surface area contributed by atoms with E-state index in [0.717, 1.165) is 89.8 Å². The van der Waals surface area contributed by atoms with Gasteiger partial charge >= 0.3 is 40.9 Å². The highest BCUT2D eigenvalue weighted by atomic mass is 32.2. The summed E-state index contributed by atoms with van der Waals surface area (Å²) in [7, 11) is 4.79. The first kappa shape index (κ1) is 73.4. The predicted molar refractivity (Wildman–Crippen MR) is 293 cm³/mol. The fraction of sp³-hybridized carbons (Fsp3) is 0.643. The number of carbonyl (C=O) groups is 8. The van der Waals surface area contributed by atoms with Crippen molar-refractivity contribution in [1.29, 1.82) is 0 Å². The van der Waals surface area contributed by atoms with Crippen molar-refractivity contribution in [2.75, 3.05) is 28.2 Å². The standard InChI is InChI=1S/C56H78F8N4O13S2/c1-31(78-47(74)37(65-13)27-51(3,4)5)43(69)66(14)39(29-53(9,10)57)49(76)80-41(25-33-17-21-35(22-18-33)82-55(59,60)61)45(71)68(16)38(28-52(6,7)8)48(75)79-32(2)44(70)67(15)40(30-54(11,12)58)50(77)81-42(46(72)73)26-34-19-23-36(24-20-34)83-56(62,63)64/h17-24,31-32,37-42,65H,25-30H2,1-16H3,(H,72,73)/t31-,32-,37+,38+,39+,40+,41+,42+/m1/s1. The van der Waals surface area contributed by atoms with Crippen LogP contribution < -0.4 is 5.32 Å². The number of alkyl halides is 8. The van der Waals surface area contributed by atoms with Crippen molar-refractivity contribution in [1.82, 2.24) is 20.0 Å². The molecule has 0 spiro atoms. The zero-order chi connectivity index (χ0) is 64.1. The number of likely N-dealkylation sites (N-methyl/N-ethyl adjacent to an activating group) is 4. The van der Waals surface area contributed by atoms with Gasteiger partial charge in [0, 0.05) is 56.6 Å². The molecular weight excluding hydrogens is 1150 g/mol. The Morgan fingerprint density at radius 3 is 1.12 bits per heavy atom. The zero-order valence-electron chi connectivity index (χ0n) is 49.5. The molecule has 3 amide bonds. The Bertz CT molecular complexity index is 2550. The number of esters is 4. The lowest BCUT2D eigenvalue weighted by atomic mass is 9.87. The fourth-order valence-electron chi connectivity index (χ4n) is 8.30. The van der Waals surface area contributed by atoms with Crippen LogP contribution >= 0.6 is 23.5 Å². The van der Waals surface area contributed by atoms with E-state index in [1.807, 2.05) is 20.8 Å². The number of carboxylic acid groups (broad SMARTS) is 1. The maximum atomic E-state index is 15.6. The van der Waals surface area contributed by atoms with Crippen LogP contribution in [-0.2, 0) is 70.1 Å². The average Bonchev–Trinajstić information content (AvgIpc) is 3.42. The molecule has 2 N–H and O–H groups in total. The molecule has 0 aliphatic heterocycles. The largest absolute Gasteiger partial charge is 0.478 e. The number of carbonyl (C=O) groups excluding carboxylic acids is 7. The third-order valence-electron chi connectivity index (χ3n) is 12.4. The molecule has 0 aliphatic rings. The first-order chi connectivity index (χ1) is 37.6. The molecule has 0 heterocycles. The van der Waals surface area contributed by atoms with E-state index >= 15 is 8.78 Å². The summed E-state index contributed by atoms with van der Waals surface area (Å²) in [6.45, 7) is 17.3. The monoisotopic (exact) mass is 1230 g/mol. The summed E-state index contributed by atoms with van der Waals surface area (Å²) in [6.07, 6.45) is -9.86. The molecule has 2 aromatic carbocycles. The van der Waals surface area contributed by atoms with Crippen molar-refractivity contribution in [2.45, 2.75) is 202 Å². The van der Waals surface area contributed by atoms with Crippen LogP contribution in [0.5, 0.6) is 0 Å². The van der Waals surface area contributed by atoms with E-state index < -0.39 is 173 Å². The minimum atomic E-state index is -4.67. The lowest BCUT2D eigenvalue weighted by molar-refractivity contribution is -0.175. The molecule has 0 aromatic heterocycles. The molecule has 8 atom stereocenters. The first-order valence-corrected chi connectivity index (χ1v) is 27.8. The second-order valence-electron chi connectivity index (χ2n) is 23.8. The summed E-state index contributed by atoms with van der Waals surface area (Å²) in [5.74, 6) is -9.73. The highest BCUT2D eigenvalue weighted by Gasteiger charge is 2.44. The summed E-state index contributed by atoms with van der Waals surface area (Å²) < 4.78 is 132. The van der Waals surface area contributed by atoms with Crippen LogP contribution in [0.4, 0.5) is 35.1 Å². The molecule has 0 saturated heterocycles. The number of benzene rings is 2. The number of hydrogen-bond donors (Lipinski definition) is 2. The van der Waals surface area contributed by atoms with E-state index in [2.05, 4.69) is 5.32 Å². The average molecular weight is 1230 g/mol. The number of hydrogen-bond acceptors (Lipinski definition) is 15. The van der Waals surface area contributed by atoms with E-state index in [1.54, 1.807) is 20.8 Å². The van der Waals surface area contributed by atoms with Crippen LogP contribution in [0.15, 0.2) is 58.3 Å². The fourth-order valence-corrected chi connectivity index (χ4v) is 9.38. The Kier molecular flexibility index (Phi) is 26.4. The number of halogens is 8. The molecule has 27 heteroatoms. The molecule has 0 radical (unpaired) electrons. The van der Waals surface area contributed by atoms with Gasteiger partial charge in [0.15, 0.2) is 18.3 Å². The van der Waals surface area contributed by atoms with Gasteiger partial charge in [0.1, 0.15) is 35.5 Å². The zero-order valence-corrected chi connectivity index (χ0v) is 51.1. The second-order valence-corrected chi connectivity index (χ2v) is 26.0. The molecule has 83 heavy (non-hydrogen) atoms. The van der Waals surface area contributed by atoms with Crippen molar-refractivity contribution < 1.29 is 97.5 Å². The minimum absolute atomic E-state index is 0.131. The molecule has 2 rings (SSSR count). The number of aliphatic carboxylic acids is 1. The second kappa shape index (κ2) is 29.9. The molecule has 0 unspecified atom stereocenters. The highest BCUT2D eigenvalue weighted by Crippen LogP contribution is 2.38. The molecule has 17 nitrogen and oxygen atoms in total. The van der Waals surface area contributed by atoms with Gasteiger partial charge in [-0.15, -0.1) is 0 Å². The number of thioether (sulfide) groups is 2.